The molecule has 5 heteroatoms. The molecule has 0 radical (unpaired) electrons. The van der Waals surface area contributed by atoms with Gasteiger partial charge in [-0.25, -0.2) is 0 Å². The fourth-order valence-electron chi connectivity index (χ4n) is 2.83. The lowest BCUT2D eigenvalue weighted by Gasteiger charge is -2.27. The van der Waals surface area contributed by atoms with Gasteiger partial charge >= 0.3 is 0 Å². The minimum Gasteiger partial charge on any atom is -0.508 e. The van der Waals surface area contributed by atoms with Gasteiger partial charge in [0.2, 0.25) is 5.91 Å². The third-order valence-electron chi connectivity index (χ3n) is 4.04. The van der Waals surface area contributed by atoms with Crippen LogP contribution >= 0.6 is 0 Å². The number of rotatable bonds is 3. The number of oxime groups is 1. The SMILES string of the molecule is O=C(CC1CC(c2ccc(O)cc2)=NO1)N1CCCCC1. The molecule has 1 N–H and O–H groups in total. The number of hydrogen-bond donors (Lipinski definition) is 1. The summed E-state index contributed by atoms with van der Waals surface area (Å²) in [6.45, 7) is 1.74. The van der Waals surface area contributed by atoms with Gasteiger partial charge in [-0.3, -0.25) is 4.79 Å². The lowest BCUT2D eigenvalue weighted by molar-refractivity contribution is -0.134. The zero-order valence-electron chi connectivity index (χ0n) is 12.0. The van der Waals surface area contributed by atoms with E-state index < -0.39 is 0 Å². The molecule has 1 unspecified atom stereocenters. The number of benzene rings is 1. The topological polar surface area (TPSA) is 62.1 Å². The van der Waals surface area contributed by atoms with E-state index >= 15 is 0 Å². The number of amides is 1. The second-order valence-corrected chi connectivity index (χ2v) is 5.66. The van der Waals surface area contributed by atoms with Gasteiger partial charge in [0.1, 0.15) is 11.9 Å². The Hall–Kier alpha value is -2.04. The Kier molecular flexibility index (Phi) is 4.08. The van der Waals surface area contributed by atoms with E-state index in [1.54, 1.807) is 12.1 Å². The van der Waals surface area contributed by atoms with Gasteiger partial charge in [0.05, 0.1) is 12.1 Å². The van der Waals surface area contributed by atoms with Crippen molar-refractivity contribution in [2.24, 2.45) is 5.16 Å². The molecule has 1 atom stereocenters. The van der Waals surface area contributed by atoms with Crippen LogP contribution in [0.5, 0.6) is 5.75 Å². The van der Waals surface area contributed by atoms with Crippen LogP contribution in [0.25, 0.3) is 0 Å². The summed E-state index contributed by atoms with van der Waals surface area (Å²) in [5.41, 5.74) is 1.77. The van der Waals surface area contributed by atoms with E-state index in [9.17, 15) is 9.90 Å². The van der Waals surface area contributed by atoms with Gasteiger partial charge in [-0.2, -0.15) is 0 Å². The van der Waals surface area contributed by atoms with Crippen LogP contribution in [0.15, 0.2) is 29.4 Å². The van der Waals surface area contributed by atoms with Gasteiger partial charge in [-0.15, -0.1) is 0 Å². The molecule has 112 valence electrons. The highest BCUT2D eigenvalue weighted by Crippen LogP contribution is 2.22. The maximum Gasteiger partial charge on any atom is 0.226 e. The highest BCUT2D eigenvalue weighted by molar-refractivity contribution is 6.01. The van der Waals surface area contributed by atoms with Crippen LogP contribution in [0.2, 0.25) is 0 Å². The standard InChI is InChI=1S/C16H20N2O3/c19-13-6-4-12(5-7-13)15-10-14(21-17-15)11-16(20)18-8-2-1-3-9-18/h4-7,14,19H,1-3,8-11H2. The van der Waals surface area contributed by atoms with Gasteiger partial charge in [-0.1, -0.05) is 5.16 Å². The predicted octanol–water partition coefficient (Wildman–Crippen LogP) is 2.29. The Labute approximate surface area is 124 Å². The fourth-order valence-corrected chi connectivity index (χ4v) is 2.83. The smallest absolute Gasteiger partial charge is 0.226 e. The van der Waals surface area contributed by atoms with Crippen molar-refractivity contribution in [2.75, 3.05) is 13.1 Å². The number of carbonyl (C=O) groups excluding carboxylic acids is 1. The average molecular weight is 288 g/mol. The molecule has 2 aliphatic heterocycles. The summed E-state index contributed by atoms with van der Waals surface area (Å²) in [6.07, 6.45) is 4.30. The number of hydrogen-bond acceptors (Lipinski definition) is 4. The molecule has 0 bridgehead atoms. The van der Waals surface area contributed by atoms with E-state index in [4.69, 9.17) is 4.84 Å². The second kappa shape index (κ2) is 6.16. The number of nitrogens with zero attached hydrogens (tertiary/aromatic N) is 2. The Morgan fingerprint density at radius 2 is 1.95 bits per heavy atom. The fraction of sp³-hybridized carbons (Fsp3) is 0.500. The minimum absolute atomic E-state index is 0.164. The van der Waals surface area contributed by atoms with Crippen molar-refractivity contribution >= 4 is 11.6 Å². The van der Waals surface area contributed by atoms with Gasteiger partial charge < -0.3 is 14.8 Å². The number of carbonyl (C=O) groups is 1. The number of aromatic hydroxyl groups is 1. The molecule has 1 saturated heterocycles. The zero-order valence-corrected chi connectivity index (χ0v) is 12.0. The average Bonchev–Trinajstić information content (AvgIpc) is 2.97. The Balaban J connectivity index is 1.53. The first-order valence-electron chi connectivity index (χ1n) is 7.52. The maximum atomic E-state index is 12.2. The van der Waals surface area contributed by atoms with Crippen molar-refractivity contribution in [1.29, 1.82) is 0 Å². The molecular formula is C16H20N2O3. The highest BCUT2D eigenvalue weighted by Gasteiger charge is 2.27. The largest absolute Gasteiger partial charge is 0.508 e. The molecule has 0 aliphatic carbocycles. The molecule has 5 nitrogen and oxygen atoms in total. The molecule has 0 saturated carbocycles. The van der Waals surface area contributed by atoms with Crippen LogP contribution in [0, 0.1) is 0 Å². The number of phenols is 1. The van der Waals surface area contributed by atoms with E-state index in [2.05, 4.69) is 5.16 Å². The number of likely N-dealkylation sites (tertiary alicyclic amines) is 1. The van der Waals surface area contributed by atoms with Crippen LogP contribution in [0.3, 0.4) is 0 Å². The Morgan fingerprint density at radius 1 is 1.24 bits per heavy atom. The molecule has 1 aromatic rings. The summed E-state index contributed by atoms with van der Waals surface area (Å²) in [4.78, 5) is 19.5. The summed E-state index contributed by atoms with van der Waals surface area (Å²) < 4.78 is 0. The second-order valence-electron chi connectivity index (χ2n) is 5.66. The quantitative estimate of drug-likeness (QED) is 0.928. The van der Waals surface area contributed by atoms with E-state index in [0.29, 0.717) is 12.8 Å². The molecule has 21 heavy (non-hydrogen) atoms. The molecule has 0 aromatic heterocycles. The van der Waals surface area contributed by atoms with Gasteiger partial charge in [0.15, 0.2) is 0 Å². The summed E-state index contributed by atoms with van der Waals surface area (Å²) in [5, 5.41) is 13.4. The Morgan fingerprint density at radius 3 is 2.67 bits per heavy atom. The molecule has 1 amide bonds. The van der Waals surface area contributed by atoms with Gasteiger partial charge in [0, 0.05) is 19.5 Å². The summed E-state index contributed by atoms with van der Waals surface area (Å²) in [7, 11) is 0. The molecule has 3 rings (SSSR count). The molecule has 1 fully saturated rings. The minimum atomic E-state index is -0.164. The maximum absolute atomic E-state index is 12.2. The number of phenolic OH excluding ortho intramolecular Hbond substituents is 1. The lowest BCUT2D eigenvalue weighted by Crippen LogP contribution is -2.37. The van der Waals surface area contributed by atoms with Crippen LogP contribution in [-0.4, -0.2) is 40.8 Å². The molecule has 2 heterocycles. The van der Waals surface area contributed by atoms with E-state index in [1.807, 2.05) is 17.0 Å². The van der Waals surface area contributed by atoms with E-state index in [0.717, 1.165) is 37.2 Å². The predicted molar refractivity (Wildman–Crippen MR) is 79.2 cm³/mol. The highest BCUT2D eigenvalue weighted by atomic mass is 16.6. The monoisotopic (exact) mass is 288 g/mol. The van der Waals surface area contributed by atoms with Crippen molar-refractivity contribution < 1.29 is 14.7 Å². The van der Waals surface area contributed by atoms with E-state index in [-0.39, 0.29) is 17.8 Å². The van der Waals surface area contributed by atoms with Crippen LogP contribution < -0.4 is 0 Å². The van der Waals surface area contributed by atoms with Crippen LogP contribution in [0.1, 0.15) is 37.7 Å². The molecule has 2 aliphatic rings. The molecule has 0 spiro atoms. The summed E-state index contributed by atoms with van der Waals surface area (Å²) >= 11 is 0. The van der Waals surface area contributed by atoms with Crippen molar-refractivity contribution in [3.05, 3.63) is 29.8 Å². The molecular weight excluding hydrogens is 268 g/mol. The van der Waals surface area contributed by atoms with Crippen LogP contribution in [-0.2, 0) is 9.63 Å². The first kappa shape index (κ1) is 13.9. The van der Waals surface area contributed by atoms with Crippen molar-refractivity contribution in [3.63, 3.8) is 0 Å². The van der Waals surface area contributed by atoms with Crippen LogP contribution in [0.4, 0.5) is 0 Å². The van der Waals surface area contributed by atoms with Crippen molar-refractivity contribution in [1.82, 2.24) is 4.90 Å². The molecule has 1 aromatic carbocycles. The number of piperidine rings is 1. The van der Waals surface area contributed by atoms with Crippen molar-refractivity contribution in [3.8, 4) is 5.75 Å². The van der Waals surface area contributed by atoms with Crippen molar-refractivity contribution in [2.45, 2.75) is 38.2 Å². The first-order valence-corrected chi connectivity index (χ1v) is 7.52. The summed E-state index contributed by atoms with van der Waals surface area (Å²) in [5.74, 6) is 0.400. The normalized spacial score (nSPS) is 21.8. The van der Waals surface area contributed by atoms with E-state index in [1.165, 1.54) is 6.42 Å². The third-order valence-corrected chi connectivity index (χ3v) is 4.04. The lowest BCUT2D eigenvalue weighted by atomic mass is 10.0. The first-order chi connectivity index (χ1) is 10.2. The van der Waals surface area contributed by atoms with Gasteiger partial charge in [-0.05, 0) is 49.1 Å². The summed E-state index contributed by atoms with van der Waals surface area (Å²) in [6, 6.07) is 6.88. The Bertz CT molecular complexity index is 533. The van der Waals surface area contributed by atoms with Gasteiger partial charge in [0.25, 0.3) is 0 Å². The zero-order chi connectivity index (χ0) is 14.7. The third kappa shape index (κ3) is 3.35.